The lowest BCUT2D eigenvalue weighted by atomic mass is 9.72. The van der Waals surface area contributed by atoms with E-state index in [1.807, 2.05) is 12.1 Å². The Morgan fingerprint density at radius 1 is 1.07 bits per heavy atom. The van der Waals surface area contributed by atoms with Crippen molar-refractivity contribution in [2.24, 2.45) is 5.92 Å². The molecule has 0 radical (unpaired) electrons. The van der Waals surface area contributed by atoms with Crippen LogP contribution in [0.1, 0.15) is 28.1 Å². The van der Waals surface area contributed by atoms with E-state index in [1.165, 1.54) is 0 Å². The van der Waals surface area contributed by atoms with Gasteiger partial charge in [0.25, 0.3) is 0 Å². The van der Waals surface area contributed by atoms with Crippen molar-refractivity contribution in [3.05, 3.63) is 93.9 Å². The Balaban J connectivity index is 1.67. The topological polar surface area (TPSA) is 53.7 Å². The quantitative estimate of drug-likeness (QED) is 0.567. The first-order valence-electron chi connectivity index (χ1n) is 9.48. The Labute approximate surface area is 179 Å². The first-order chi connectivity index (χ1) is 14.0. The second-order valence-corrected chi connectivity index (χ2v) is 8.29. The zero-order valence-corrected chi connectivity index (χ0v) is 17.2. The fourth-order valence-electron chi connectivity index (χ4n) is 3.97. The lowest BCUT2D eigenvalue weighted by Gasteiger charge is -2.44. The summed E-state index contributed by atoms with van der Waals surface area (Å²) in [5, 5.41) is 12.8. The minimum atomic E-state index is -1.28. The average molecular weight is 430 g/mol. The van der Waals surface area contributed by atoms with E-state index in [1.54, 1.807) is 54.8 Å². The van der Waals surface area contributed by atoms with Crippen molar-refractivity contribution in [2.45, 2.75) is 18.6 Å². The van der Waals surface area contributed by atoms with Gasteiger partial charge < -0.3 is 9.52 Å². The molecule has 1 saturated heterocycles. The van der Waals surface area contributed by atoms with Gasteiger partial charge in [-0.05, 0) is 60.5 Å². The molecule has 4 nitrogen and oxygen atoms in total. The predicted octanol–water partition coefficient (Wildman–Crippen LogP) is 5.18. The molecule has 1 fully saturated rings. The van der Waals surface area contributed by atoms with Gasteiger partial charge in [-0.25, -0.2) is 0 Å². The van der Waals surface area contributed by atoms with Crippen LogP contribution in [0, 0.1) is 5.92 Å². The number of nitrogens with zero attached hydrogens (tertiary/aromatic N) is 1. The van der Waals surface area contributed by atoms with Crippen LogP contribution in [-0.4, -0.2) is 28.9 Å². The number of ketones is 1. The van der Waals surface area contributed by atoms with E-state index in [0.717, 1.165) is 5.76 Å². The lowest BCUT2D eigenvalue weighted by Crippen LogP contribution is -2.52. The number of furan rings is 1. The van der Waals surface area contributed by atoms with Crippen molar-refractivity contribution in [1.82, 2.24) is 4.90 Å². The zero-order chi connectivity index (χ0) is 20.4. The SMILES string of the molecule is O=C(c1ccc(Cl)cc1)[C@H]1CN(Cc2ccco2)CC[C@@]1(O)c1ccc(Cl)cc1. The van der Waals surface area contributed by atoms with Gasteiger partial charge in [0.2, 0.25) is 0 Å². The normalized spacial score (nSPS) is 22.5. The van der Waals surface area contributed by atoms with Gasteiger partial charge in [-0.3, -0.25) is 9.69 Å². The number of benzene rings is 2. The second-order valence-electron chi connectivity index (χ2n) is 7.42. The molecule has 1 aromatic heterocycles. The number of halogens is 2. The summed E-state index contributed by atoms with van der Waals surface area (Å²) >= 11 is 12.0. The van der Waals surface area contributed by atoms with E-state index in [-0.39, 0.29) is 5.78 Å². The molecule has 6 heteroatoms. The van der Waals surface area contributed by atoms with Gasteiger partial charge in [0.05, 0.1) is 18.7 Å². The number of Topliss-reactive ketones (excluding diaryl/α,β-unsaturated/α-hetero) is 1. The molecule has 1 aliphatic heterocycles. The molecule has 1 aliphatic rings. The third-order valence-corrected chi connectivity index (χ3v) is 6.08. The molecule has 0 saturated carbocycles. The maximum atomic E-state index is 13.4. The van der Waals surface area contributed by atoms with Gasteiger partial charge in [-0.15, -0.1) is 0 Å². The fourth-order valence-corrected chi connectivity index (χ4v) is 4.22. The molecule has 150 valence electrons. The number of carbonyl (C=O) groups is 1. The summed E-state index contributed by atoms with van der Waals surface area (Å²) in [4.78, 5) is 15.6. The van der Waals surface area contributed by atoms with Crippen molar-refractivity contribution >= 4 is 29.0 Å². The van der Waals surface area contributed by atoms with Gasteiger partial charge in [-0.2, -0.15) is 0 Å². The third kappa shape index (κ3) is 4.26. The number of piperidine rings is 1. The van der Waals surface area contributed by atoms with Gasteiger partial charge in [-0.1, -0.05) is 35.3 Å². The number of hydrogen-bond acceptors (Lipinski definition) is 4. The van der Waals surface area contributed by atoms with Crippen LogP contribution in [0.15, 0.2) is 71.3 Å². The molecule has 0 aliphatic carbocycles. The highest BCUT2D eigenvalue weighted by Gasteiger charge is 2.46. The zero-order valence-electron chi connectivity index (χ0n) is 15.7. The van der Waals surface area contributed by atoms with Gasteiger partial charge in [0, 0.05) is 28.7 Å². The van der Waals surface area contributed by atoms with Crippen LogP contribution in [0.4, 0.5) is 0 Å². The van der Waals surface area contributed by atoms with Crippen molar-refractivity contribution in [1.29, 1.82) is 0 Å². The van der Waals surface area contributed by atoms with Gasteiger partial charge in [0.1, 0.15) is 11.4 Å². The Morgan fingerprint density at radius 2 is 1.72 bits per heavy atom. The molecule has 2 heterocycles. The second kappa shape index (κ2) is 8.33. The smallest absolute Gasteiger partial charge is 0.170 e. The molecule has 3 aromatic rings. The molecule has 0 unspecified atom stereocenters. The lowest BCUT2D eigenvalue weighted by molar-refractivity contribution is -0.0668. The first-order valence-corrected chi connectivity index (χ1v) is 10.2. The standard InChI is InChI=1S/C23H21Cl2NO3/c24-18-7-3-16(4-8-18)22(27)21-15-26(14-20-2-1-13-29-20)12-11-23(21,28)17-5-9-19(25)10-6-17/h1-10,13,21,28H,11-12,14-15H2/t21-,23-/m1/s1. The molecule has 0 bridgehead atoms. The minimum absolute atomic E-state index is 0.108. The fraction of sp³-hybridized carbons (Fsp3) is 0.261. The molecule has 0 spiro atoms. The summed E-state index contributed by atoms with van der Waals surface area (Å²) in [5.41, 5.74) is -0.0421. The molecule has 2 atom stereocenters. The number of aliphatic hydroxyl groups is 1. The number of hydrogen-bond donors (Lipinski definition) is 1. The van der Waals surface area contributed by atoms with E-state index in [9.17, 15) is 9.90 Å². The van der Waals surface area contributed by atoms with E-state index in [0.29, 0.717) is 47.2 Å². The third-order valence-electron chi connectivity index (χ3n) is 5.58. The molecular formula is C23H21Cl2NO3. The van der Waals surface area contributed by atoms with Gasteiger partial charge >= 0.3 is 0 Å². The van der Waals surface area contributed by atoms with Gasteiger partial charge in [0.15, 0.2) is 5.78 Å². The monoisotopic (exact) mass is 429 g/mol. The van der Waals surface area contributed by atoms with Crippen LogP contribution in [0.25, 0.3) is 0 Å². The summed E-state index contributed by atoms with van der Waals surface area (Å²) in [6.07, 6.45) is 2.07. The summed E-state index contributed by atoms with van der Waals surface area (Å²) in [6, 6.07) is 17.6. The molecule has 29 heavy (non-hydrogen) atoms. The highest BCUT2D eigenvalue weighted by Crippen LogP contribution is 2.40. The minimum Gasteiger partial charge on any atom is -0.468 e. The number of likely N-dealkylation sites (tertiary alicyclic amines) is 1. The largest absolute Gasteiger partial charge is 0.468 e. The van der Waals surface area contributed by atoms with E-state index in [2.05, 4.69) is 4.90 Å². The maximum Gasteiger partial charge on any atom is 0.170 e. The van der Waals surface area contributed by atoms with Crippen LogP contribution in [0.5, 0.6) is 0 Å². The number of carbonyl (C=O) groups excluding carboxylic acids is 1. The highest BCUT2D eigenvalue weighted by molar-refractivity contribution is 6.30. The molecule has 0 amide bonds. The van der Waals surface area contributed by atoms with Crippen molar-refractivity contribution in [3.63, 3.8) is 0 Å². The first kappa shape index (κ1) is 20.2. The van der Waals surface area contributed by atoms with E-state index in [4.69, 9.17) is 27.6 Å². The highest BCUT2D eigenvalue weighted by atomic mass is 35.5. The maximum absolute atomic E-state index is 13.4. The average Bonchev–Trinajstić information content (AvgIpc) is 3.23. The molecule has 2 aromatic carbocycles. The van der Waals surface area contributed by atoms with Crippen molar-refractivity contribution in [3.8, 4) is 0 Å². The van der Waals surface area contributed by atoms with E-state index < -0.39 is 11.5 Å². The van der Waals surface area contributed by atoms with Crippen LogP contribution in [-0.2, 0) is 12.1 Å². The van der Waals surface area contributed by atoms with Crippen LogP contribution >= 0.6 is 23.2 Å². The Hall–Kier alpha value is -2.11. The molecule has 4 rings (SSSR count). The van der Waals surface area contributed by atoms with Crippen molar-refractivity contribution in [2.75, 3.05) is 13.1 Å². The van der Waals surface area contributed by atoms with E-state index >= 15 is 0 Å². The molecule has 1 N–H and O–H groups in total. The summed E-state index contributed by atoms with van der Waals surface area (Å²) in [7, 11) is 0. The Kier molecular flexibility index (Phi) is 5.79. The summed E-state index contributed by atoms with van der Waals surface area (Å²) < 4.78 is 5.46. The van der Waals surface area contributed by atoms with Crippen molar-refractivity contribution < 1.29 is 14.3 Å². The molecular weight excluding hydrogens is 409 g/mol. The Morgan fingerprint density at radius 3 is 2.34 bits per heavy atom. The predicted molar refractivity (Wildman–Crippen MR) is 113 cm³/mol. The summed E-state index contributed by atoms with van der Waals surface area (Å²) in [6.45, 7) is 1.65. The van der Waals surface area contributed by atoms with Crippen LogP contribution in [0.3, 0.4) is 0 Å². The Bertz CT molecular complexity index is 970. The summed E-state index contributed by atoms with van der Waals surface area (Å²) in [5.74, 6) is 0.0939. The van der Waals surface area contributed by atoms with Crippen LogP contribution in [0.2, 0.25) is 10.0 Å². The number of rotatable bonds is 5. The van der Waals surface area contributed by atoms with Crippen LogP contribution < -0.4 is 0 Å².